The number of esters is 3. The van der Waals surface area contributed by atoms with Crippen LogP contribution in [-0.4, -0.2) is 37.2 Å². The molecular formula is C51H88O6. The molecule has 57 heavy (non-hydrogen) atoms. The summed E-state index contributed by atoms with van der Waals surface area (Å²) in [6, 6.07) is 0. The van der Waals surface area contributed by atoms with E-state index in [1.807, 2.05) is 0 Å². The molecule has 0 spiro atoms. The molecule has 0 aliphatic rings. The van der Waals surface area contributed by atoms with E-state index in [0.717, 1.165) is 116 Å². The van der Waals surface area contributed by atoms with Crippen molar-refractivity contribution in [2.45, 2.75) is 232 Å². The van der Waals surface area contributed by atoms with Gasteiger partial charge in [-0.15, -0.1) is 0 Å². The molecule has 0 fully saturated rings. The minimum Gasteiger partial charge on any atom is -0.462 e. The first-order chi connectivity index (χ1) is 28.0. The molecule has 6 heteroatoms. The third-order valence-corrected chi connectivity index (χ3v) is 9.95. The number of hydrogen-bond acceptors (Lipinski definition) is 6. The van der Waals surface area contributed by atoms with E-state index in [4.69, 9.17) is 14.2 Å². The Labute approximate surface area is 351 Å². The van der Waals surface area contributed by atoms with Crippen LogP contribution in [0.1, 0.15) is 226 Å². The summed E-state index contributed by atoms with van der Waals surface area (Å²) in [5.74, 6) is -0.929. The number of unbranched alkanes of at least 4 members (excludes halogenated alkanes) is 21. The van der Waals surface area contributed by atoms with Crippen LogP contribution in [0.15, 0.2) is 60.8 Å². The summed E-state index contributed by atoms with van der Waals surface area (Å²) in [5, 5.41) is 0. The van der Waals surface area contributed by atoms with Gasteiger partial charge in [0.15, 0.2) is 6.10 Å². The maximum Gasteiger partial charge on any atom is 0.306 e. The van der Waals surface area contributed by atoms with Crippen molar-refractivity contribution in [2.75, 3.05) is 13.2 Å². The van der Waals surface area contributed by atoms with E-state index in [9.17, 15) is 14.4 Å². The van der Waals surface area contributed by atoms with Crippen molar-refractivity contribution in [3.05, 3.63) is 60.8 Å². The summed E-state index contributed by atoms with van der Waals surface area (Å²) < 4.78 is 16.7. The first kappa shape index (κ1) is 54.1. The highest BCUT2D eigenvalue weighted by Crippen LogP contribution is 2.13. The maximum atomic E-state index is 12.7. The van der Waals surface area contributed by atoms with Gasteiger partial charge in [-0.3, -0.25) is 14.4 Å². The molecule has 0 radical (unpaired) electrons. The Kier molecular flexibility index (Phi) is 43.5. The summed E-state index contributed by atoms with van der Waals surface area (Å²) in [6.45, 7) is 6.47. The summed E-state index contributed by atoms with van der Waals surface area (Å²) >= 11 is 0. The number of hydrogen-bond donors (Lipinski definition) is 0. The molecule has 328 valence electrons. The van der Waals surface area contributed by atoms with Crippen molar-refractivity contribution in [1.82, 2.24) is 0 Å². The van der Waals surface area contributed by atoms with Gasteiger partial charge in [0.2, 0.25) is 0 Å². The van der Waals surface area contributed by atoms with Crippen LogP contribution in [0.3, 0.4) is 0 Å². The molecule has 0 aromatic heterocycles. The zero-order valence-corrected chi connectivity index (χ0v) is 37.3. The largest absolute Gasteiger partial charge is 0.462 e. The molecule has 0 aromatic carbocycles. The molecule has 1 atom stereocenters. The van der Waals surface area contributed by atoms with Gasteiger partial charge < -0.3 is 14.2 Å². The first-order valence-corrected chi connectivity index (χ1v) is 23.8. The summed E-state index contributed by atoms with van der Waals surface area (Å²) in [5.41, 5.74) is 0. The molecule has 1 unspecified atom stereocenters. The molecule has 0 aromatic rings. The van der Waals surface area contributed by atoms with E-state index in [0.29, 0.717) is 19.3 Å². The normalized spacial score (nSPS) is 12.5. The molecule has 0 heterocycles. The third kappa shape index (κ3) is 44.1. The zero-order chi connectivity index (χ0) is 41.5. The van der Waals surface area contributed by atoms with Gasteiger partial charge in [0.05, 0.1) is 0 Å². The van der Waals surface area contributed by atoms with Crippen LogP contribution < -0.4 is 0 Å². The topological polar surface area (TPSA) is 78.9 Å². The predicted octanol–water partition coefficient (Wildman–Crippen LogP) is 15.3. The van der Waals surface area contributed by atoms with E-state index in [-0.39, 0.29) is 31.1 Å². The van der Waals surface area contributed by atoms with Gasteiger partial charge in [0, 0.05) is 19.3 Å². The molecular weight excluding hydrogens is 709 g/mol. The third-order valence-electron chi connectivity index (χ3n) is 9.95. The van der Waals surface area contributed by atoms with E-state index >= 15 is 0 Å². The van der Waals surface area contributed by atoms with Crippen LogP contribution in [0.25, 0.3) is 0 Å². The fourth-order valence-corrected chi connectivity index (χ4v) is 6.31. The highest BCUT2D eigenvalue weighted by Gasteiger charge is 2.19. The molecule has 0 bridgehead atoms. The van der Waals surface area contributed by atoms with Gasteiger partial charge in [-0.05, 0) is 96.3 Å². The Balaban J connectivity index is 4.43. The van der Waals surface area contributed by atoms with Gasteiger partial charge in [0.25, 0.3) is 0 Å². The fourth-order valence-electron chi connectivity index (χ4n) is 6.31. The number of carbonyl (C=O) groups is 3. The van der Waals surface area contributed by atoms with Crippen molar-refractivity contribution in [2.24, 2.45) is 0 Å². The Morgan fingerprint density at radius 2 is 0.684 bits per heavy atom. The summed E-state index contributed by atoms with van der Waals surface area (Å²) in [6.07, 6.45) is 54.8. The SMILES string of the molecule is CCC/C=C\C/C=C\CCCCCCCC(=O)OC(COC(=O)CCCCCCC/C=C\C/C=C\CCCCC)COC(=O)CCCCCCC/C=C\CCCC. The lowest BCUT2D eigenvalue weighted by Gasteiger charge is -2.18. The van der Waals surface area contributed by atoms with Crippen molar-refractivity contribution in [3.63, 3.8) is 0 Å². The molecule has 0 rings (SSSR count). The van der Waals surface area contributed by atoms with Crippen molar-refractivity contribution in [1.29, 1.82) is 0 Å². The minimum atomic E-state index is -0.788. The Hall–Kier alpha value is -2.89. The van der Waals surface area contributed by atoms with E-state index in [1.165, 1.54) is 70.6 Å². The molecule has 6 nitrogen and oxygen atoms in total. The molecule has 0 N–H and O–H groups in total. The lowest BCUT2D eigenvalue weighted by Crippen LogP contribution is -2.30. The first-order valence-electron chi connectivity index (χ1n) is 23.8. The van der Waals surface area contributed by atoms with Gasteiger partial charge in [0.1, 0.15) is 13.2 Å². The summed E-state index contributed by atoms with van der Waals surface area (Å²) in [7, 11) is 0. The van der Waals surface area contributed by atoms with Gasteiger partial charge in [-0.1, -0.05) is 171 Å². The van der Waals surface area contributed by atoms with Crippen LogP contribution in [0, 0.1) is 0 Å². The van der Waals surface area contributed by atoms with E-state index in [2.05, 4.69) is 81.5 Å². The highest BCUT2D eigenvalue weighted by atomic mass is 16.6. The Bertz CT molecular complexity index is 1050. The van der Waals surface area contributed by atoms with Crippen LogP contribution in [0.2, 0.25) is 0 Å². The quantitative estimate of drug-likeness (QED) is 0.0265. The average Bonchev–Trinajstić information content (AvgIpc) is 3.21. The highest BCUT2D eigenvalue weighted by molar-refractivity contribution is 5.71. The van der Waals surface area contributed by atoms with E-state index in [1.54, 1.807) is 0 Å². The number of carbonyl (C=O) groups excluding carboxylic acids is 3. The van der Waals surface area contributed by atoms with Crippen LogP contribution in [0.4, 0.5) is 0 Å². The monoisotopic (exact) mass is 797 g/mol. The van der Waals surface area contributed by atoms with Gasteiger partial charge >= 0.3 is 17.9 Å². The molecule has 0 amide bonds. The fraction of sp³-hybridized carbons (Fsp3) is 0.745. The predicted molar refractivity (Wildman–Crippen MR) is 242 cm³/mol. The molecule has 0 saturated carbocycles. The summed E-state index contributed by atoms with van der Waals surface area (Å²) in [4.78, 5) is 37.8. The lowest BCUT2D eigenvalue weighted by molar-refractivity contribution is -0.167. The van der Waals surface area contributed by atoms with E-state index < -0.39 is 6.10 Å². The minimum absolute atomic E-state index is 0.0895. The molecule has 0 aliphatic carbocycles. The van der Waals surface area contributed by atoms with Crippen LogP contribution in [0.5, 0.6) is 0 Å². The van der Waals surface area contributed by atoms with Gasteiger partial charge in [-0.25, -0.2) is 0 Å². The second kappa shape index (κ2) is 45.8. The van der Waals surface area contributed by atoms with Crippen LogP contribution >= 0.6 is 0 Å². The smallest absolute Gasteiger partial charge is 0.306 e. The van der Waals surface area contributed by atoms with Crippen molar-refractivity contribution in [3.8, 4) is 0 Å². The average molecular weight is 797 g/mol. The lowest BCUT2D eigenvalue weighted by atomic mass is 10.1. The standard InChI is InChI=1S/C51H88O6/c1-4-7-10-13-16-19-22-24-25-27-29-32-35-38-41-44-50(53)56-47-48(46-55-49(52)43-40-37-34-31-28-21-18-15-12-9-6-3)57-51(54)45-42-39-36-33-30-26-23-20-17-14-11-8-5-2/h11,14-16,18-20,23-25,48H,4-10,12-13,17,21-22,26-47H2,1-3H3/b14-11-,18-15-,19-16-,23-20-,25-24-. The van der Waals surface area contributed by atoms with Crippen LogP contribution in [-0.2, 0) is 28.6 Å². The second-order valence-electron chi connectivity index (χ2n) is 15.7. The zero-order valence-electron chi connectivity index (χ0n) is 37.3. The second-order valence-corrected chi connectivity index (χ2v) is 15.7. The number of ether oxygens (including phenoxy) is 3. The number of rotatable bonds is 42. The number of allylic oxidation sites excluding steroid dienone is 10. The van der Waals surface area contributed by atoms with Crippen molar-refractivity contribution >= 4 is 17.9 Å². The van der Waals surface area contributed by atoms with Crippen molar-refractivity contribution < 1.29 is 28.6 Å². The molecule has 0 saturated heterocycles. The molecule has 0 aliphatic heterocycles. The van der Waals surface area contributed by atoms with Gasteiger partial charge in [-0.2, -0.15) is 0 Å². The Morgan fingerprint density at radius 1 is 0.351 bits per heavy atom. The Morgan fingerprint density at radius 3 is 1.11 bits per heavy atom. The maximum absolute atomic E-state index is 12.7.